The molecule has 5 rings (SSSR count). The number of hydrogen-bond acceptors (Lipinski definition) is 5. The Labute approximate surface area is 178 Å². The van der Waals surface area contributed by atoms with Crippen LogP contribution in [0.2, 0.25) is 0 Å². The van der Waals surface area contributed by atoms with Crippen LogP contribution in [0.1, 0.15) is 40.5 Å². The SMILES string of the molecule is Cn1cccc(NC(=O)c2cn3cc(C4CC4)nc3c(OCc3ccccc3)n2)c1=O. The number of amides is 1. The summed E-state index contributed by atoms with van der Waals surface area (Å²) in [6, 6.07) is 13.0. The third-order valence-corrected chi connectivity index (χ3v) is 5.24. The minimum Gasteiger partial charge on any atom is -0.470 e. The lowest BCUT2D eigenvalue weighted by molar-refractivity contribution is 0.102. The second-order valence-electron chi connectivity index (χ2n) is 7.67. The summed E-state index contributed by atoms with van der Waals surface area (Å²) < 4.78 is 9.14. The van der Waals surface area contributed by atoms with E-state index in [-0.39, 0.29) is 22.8 Å². The van der Waals surface area contributed by atoms with Gasteiger partial charge in [0.25, 0.3) is 17.3 Å². The summed E-state index contributed by atoms with van der Waals surface area (Å²) in [7, 11) is 1.63. The fourth-order valence-corrected chi connectivity index (χ4v) is 3.38. The molecule has 0 unspecified atom stereocenters. The van der Waals surface area contributed by atoms with Crippen LogP contribution in [-0.4, -0.2) is 24.8 Å². The van der Waals surface area contributed by atoms with E-state index in [1.54, 1.807) is 36.0 Å². The number of benzene rings is 1. The van der Waals surface area contributed by atoms with Crippen molar-refractivity contribution < 1.29 is 9.53 Å². The number of pyridine rings is 1. The number of aromatic nitrogens is 4. The number of aryl methyl sites for hydroxylation is 1. The summed E-state index contributed by atoms with van der Waals surface area (Å²) in [6.45, 7) is 0.305. The lowest BCUT2D eigenvalue weighted by Crippen LogP contribution is -2.24. The van der Waals surface area contributed by atoms with Crippen LogP contribution in [0.15, 0.2) is 65.8 Å². The van der Waals surface area contributed by atoms with Crippen molar-refractivity contribution in [3.63, 3.8) is 0 Å². The molecule has 31 heavy (non-hydrogen) atoms. The van der Waals surface area contributed by atoms with Crippen LogP contribution in [0.4, 0.5) is 5.69 Å². The number of imidazole rings is 1. The number of hydrogen-bond donors (Lipinski definition) is 1. The molecule has 1 amide bonds. The van der Waals surface area contributed by atoms with Gasteiger partial charge in [-0.15, -0.1) is 0 Å². The van der Waals surface area contributed by atoms with Gasteiger partial charge in [0, 0.05) is 31.6 Å². The van der Waals surface area contributed by atoms with Crippen molar-refractivity contribution in [2.75, 3.05) is 5.32 Å². The molecule has 1 aliphatic rings. The molecule has 1 saturated carbocycles. The zero-order chi connectivity index (χ0) is 21.4. The first-order valence-corrected chi connectivity index (χ1v) is 10.1. The molecule has 1 fully saturated rings. The zero-order valence-electron chi connectivity index (χ0n) is 17.0. The number of fused-ring (bicyclic) bond motifs is 1. The Morgan fingerprint density at radius 2 is 1.94 bits per heavy atom. The lowest BCUT2D eigenvalue weighted by atomic mass is 10.2. The molecular formula is C23H21N5O3. The van der Waals surface area contributed by atoms with E-state index >= 15 is 0 Å². The predicted molar refractivity (Wildman–Crippen MR) is 115 cm³/mol. The molecule has 3 heterocycles. The Kier molecular flexibility index (Phi) is 4.74. The Bertz CT molecular complexity index is 1320. The summed E-state index contributed by atoms with van der Waals surface area (Å²) in [6.07, 6.45) is 7.39. The van der Waals surface area contributed by atoms with E-state index in [4.69, 9.17) is 4.74 Å². The summed E-state index contributed by atoms with van der Waals surface area (Å²) in [4.78, 5) is 34.3. The van der Waals surface area contributed by atoms with E-state index in [0.29, 0.717) is 18.2 Å². The number of nitrogens with one attached hydrogen (secondary N) is 1. The molecule has 3 aromatic heterocycles. The van der Waals surface area contributed by atoms with Crippen LogP contribution >= 0.6 is 0 Å². The standard InChI is InChI=1S/C23H21N5O3/c1-27-11-5-8-17(23(27)30)25-21(29)19-13-28-12-18(16-9-10-16)24-20(28)22(26-19)31-14-15-6-3-2-4-7-15/h2-8,11-13,16H,9-10,14H2,1H3,(H,25,29). The number of ether oxygens (including phenoxy) is 1. The van der Waals surface area contributed by atoms with Crippen molar-refractivity contribution in [1.82, 2.24) is 18.9 Å². The van der Waals surface area contributed by atoms with Crippen molar-refractivity contribution in [2.24, 2.45) is 7.05 Å². The summed E-state index contributed by atoms with van der Waals surface area (Å²) in [5, 5.41) is 2.65. The van der Waals surface area contributed by atoms with E-state index in [1.807, 2.05) is 36.5 Å². The molecule has 1 aliphatic carbocycles. The van der Waals surface area contributed by atoms with Gasteiger partial charge in [0.15, 0.2) is 0 Å². The van der Waals surface area contributed by atoms with E-state index in [2.05, 4.69) is 15.3 Å². The van der Waals surface area contributed by atoms with Gasteiger partial charge in [0.05, 0.1) is 5.69 Å². The van der Waals surface area contributed by atoms with E-state index in [0.717, 1.165) is 24.1 Å². The first kappa shape index (κ1) is 19.0. The molecule has 4 aromatic rings. The monoisotopic (exact) mass is 415 g/mol. The molecule has 0 aliphatic heterocycles. The molecule has 0 bridgehead atoms. The van der Waals surface area contributed by atoms with Crippen LogP contribution in [0, 0.1) is 0 Å². The molecule has 8 nitrogen and oxygen atoms in total. The topological polar surface area (TPSA) is 90.5 Å². The Morgan fingerprint density at radius 1 is 1.13 bits per heavy atom. The Balaban J connectivity index is 1.49. The van der Waals surface area contributed by atoms with Gasteiger partial charge < -0.3 is 14.6 Å². The van der Waals surface area contributed by atoms with Gasteiger partial charge in [0.1, 0.15) is 18.0 Å². The minimum absolute atomic E-state index is 0.140. The van der Waals surface area contributed by atoms with Crippen LogP contribution in [0.5, 0.6) is 5.88 Å². The summed E-state index contributed by atoms with van der Waals surface area (Å²) in [5.41, 5.74) is 2.57. The van der Waals surface area contributed by atoms with Gasteiger partial charge in [0.2, 0.25) is 5.65 Å². The summed E-state index contributed by atoms with van der Waals surface area (Å²) >= 11 is 0. The average Bonchev–Trinajstić information content (AvgIpc) is 3.54. The molecule has 8 heteroatoms. The van der Waals surface area contributed by atoms with Crippen LogP contribution < -0.4 is 15.6 Å². The Morgan fingerprint density at radius 3 is 2.71 bits per heavy atom. The average molecular weight is 415 g/mol. The molecule has 156 valence electrons. The van der Waals surface area contributed by atoms with Crippen molar-refractivity contribution in [3.05, 3.63) is 88.4 Å². The van der Waals surface area contributed by atoms with Crippen LogP contribution in [0.25, 0.3) is 5.65 Å². The fraction of sp³-hybridized carbons (Fsp3) is 0.217. The van der Waals surface area contributed by atoms with Gasteiger partial charge in [-0.3, -0.25) is 14.0 Å². The summed E-state index contributed by atoms with van der Waals surface area (Å²) in [5.74, 6) is 0.243. The number of rotatable bonds is 6. The maximum absolute atomic E-state index is 12.9. The number of anilines is 1. The van der Waals surface area contributed by atoms with Crippen molar-refractivity contribution in [1.29, 1.82) is 0 Å². The lowest BCUT2D eigenvalue weighted by Gasteiger charge is -2.10. The maximum atomic E-state index is 12.9. The minimum atomic E-state index is -0.489. The van der Waals surface area contributed by atoms with E-state index < -0.39 is 5.91 Å². The Hall–Kier alpha value is -3.94. The first-order chi connectivity index (χ1) is 15.1. The molecular weight excluding hydrogens is 394 g/mol. The largest absolute Gasteiger partial charge is 0.470 e. The van der Waals surface area contributed by atoms with E-state index in [9.17, 15) is 9.59 Å². The van der Waals surface area contributed by atoms with E-state index in [1.165, 1.54) is 4.57 Å². The molecule has 0 spiro atoms. The molecule has 0 saturated heterocycles. The second-order valence-corrected chi connectivity index (χ2v) is 7.67. The first-order valence-electron chi connectivity index (χ1n) is 10.1. The fourth-order valence-electron chi connectivity index (χ4n) is 3.38. The van der Waals surface area contributed by atoms with Crippen LogP contribution in [0.3, 0.4) is 0 Å². The number of carbonyl (C=O) groups excluding carboxylic acids is 1. The van der Waals surface area contributed by atoms with Crippen molar-refractivity contribution >= 4 is 17.2 Å². The van der Waals surface area contributed by atoms with Gasteiger partial charge in [-0.2, -0.15) is 0 Å². The van der Waals surface area contributed by atoms with Crippen molar-refractivity contribution in [2.45, 2.75) is 25.4 Å². The zero-order valence-corrected chi connectivity index (χ0v) is 17.0. The highest BCUT2D eigenvalue weighted by Crippen LogP contribution is 2.40. The highest BCUT2D eigenvalue weighted by molar-refractivity contribution is 6.02. The molecule has 0 radical (unpaired) electrons. The van der Waals surface area contributed by atoms with Gasteiger partial charge in [-0.25, -0.2) is 9.97 Å². The highest BCUT2D eigenvalue weighted by Gasteiger charge is 2.27. The maximum Gasteiger partial charge on any atom is 0.276 e. The third-order valence-electron chi connectivity index (χ3n) is 5.24. The van der Waals surface area contributed by atoms with Gasteiger partial charge >= 0.3 is 0 Å². The third kappa shape index (κ3) is 3.92. The molecule has 1 aromatic carbocycles. The van der Waals surface area contributed by atoms with Gasteiger partial charge in [-0.1, -0.05) is 30.3 Å². The molecule has 1 N–H and O–H groups in total. The quantitative estimate of drug-likeness (QED) is 0.523. The smallest absolute Gasteiger partial charge is 0.276 e. The number of nitrogens with zero attached hydrogens (tertiary/aromatic N) is 4. The van der Waals surface area contributed by atoms with Crippen molar-refractivity contribution in [3.8, 4) is 5.88 Å². The van der Waals surface area contributed by atoms with Crippen LogP contribution in [-0.2, 0) is 13.7 Å². The normalized spacial score (nSPS) is 13.3. The number of carbonyl (C=O) groups is 1. The second kappa shape index (κ2) is 7.71. The molecule has 0 atom stereocenters. The highest BCUT2D eigenvalue weighted by atomic mass is 16.5. The van der Waals surface area contributed by atoms with Gasteiger partial charge in [-0.05, 0) is 30.5 Å². The predicted octanol–water partition coefficient (Wildman–Crippen LogP) is 3.14.